The number of nitrogens with one attached hydrogen (secondary N) is 2. The van der Waals surface area contributed by atoms with E-state index in [2.05, 4.69) is 77.7 Å². The molecule has 2 aromatic carbocycles. The van der Waals surface area contributed by atoms with E-state index in [0.717, 1.165) is 83.6 Å². The zero-order chi connectivity index (χ0) is 35.0. The first kappa shape index (κ1) is 34.8. The van der Waals surface area contributed by atoms with Crippen molar-refractivity contribution in [3.8, 4) is 0 Å². The number of carbonyl (C=O) groups excluding carboxylic acids is 2. The molecule has 7 rings (SSSR count). The van der Waals surface area contributed by atoms with Crippen LogP contribution in [0.15, 0.2) is 57.9 Å². The molecule has 3 atom stereocenters. The number of aromatic nitrogens is 2. The van der Waals surface area contributed by atoms with Crippen molar-refractivity contribution in [2.24, 2.45) is 12.5 Å². The molecule has 50 heavy (non-hydrogen) atoms. The van der Waals surface area contributed by atoms with Crippen molar-refractivity contribution in [3.63, 3.8) is 0 Å². The fourth-order valence-electron chi connectivity index (χ4n) is 8.57. The van der Waals surface area contributed by atoms with Crippen LogP contribution in [-0.4, -0.2) is 83.8 Å². The smallest absolute Gasteiger partial charge is 0.282 e. The van der Waals surface area contributed by atoms with Gasteiger partial charge in [0.1, 0.15) is 10.3 Å². The van der Waals surface area contributed by atoms with Gasteiger partial charge in [-0.25, -0.2) is 9.07 Å². The molecule has 0 aliphatic carbocycles. The van der Waals surface area contributed by atoms with Gasteiger partial charge >= 0.3 is 0 Å². The Bertz CT molecular complexity index is 1780. The van der Waals surface area contributed by atoms with E-state index in [9.17, 15) is 14.4 Å². The Morgan fingerprint density at radius 2 is 1.66 bits per heavy atom. The monoisotopic (exact) mass is 747 g/mol. The minimum Gasteiger partial charge on any atom is -0.379 e. The van der Waals surface area contributed by atoms with Crippen molar-refractivity contribution < 1.29 is 14.0 Å². The minimum absolute atomic E-state index is 0.148. The van der Waals surface area contributed by atoms with E-state index >= 15 is 4.39 Å². The molecule has 0 saturated carbocycles. The highest BCUT2D eigenvalue weighted by molar-refractivity contribution is 9.10. The molecule has 2 amide bonds. The summed E-state index contributed by atoms with van der Waals surface area (Å²) in [5.74, 6) is -0.958. The molecule has 4 fully saturated rings. The molecule has 4 saturated heterocycles. The van der Waals surface area contributed by atoms with Crippen LogP contribution < -0.4 is 21.1 Å². The van der Waals surface area contributed by atoms with Crippen LogP contribution in [0.2, 0.25) is 0 Å². The van der Waals surface area contributed by atoms with Crippen LogP contribution in [0, 0.1) is 11.2 Å². The number of rotatable bonds is 7. The first-order valence-corrected chi connectivity index (χ1v) is 18.7. The SMILES string of the molecule is CN1C[C@H](Nc2cnn(C)c(=O)c2Br)C[C@H](c2ccc(CN3CCC4(CC3)CCN(c3ccc(C5CCC(=O)NC5=O)cc3F)CC4)cc2)C1. The van der Waals surface area contributed by atoms with Crippen molar-refractivity contribution >= 4 is 39.1 Å². The zero-order valence-corrected chi connectivity index (χ0v) is 30.6. The number of aryl methyl sites for hydroxylation is 1. The fraction of sp³-hybridized carbons (Fsp3) is 0.526. The van der Waals surface area contributed by atoms with Gasteiger partial charge in [-0.2, -0.15) is 5.10 Å². The van der Waals surface area contributed by atoms with Gasteiger partial charge in [0.05, 0.1) is 23.5 Å². The topological polar surface area (TPSA) is 103 Å². The van der Waals surface area contributed by atoms with Crippen LogP contribution >= 0.6 is 15.9 Å². The van der Waals surface area contributed by atoms with E-state index in [1.807, 2.05) is 12.1 Å². The molecular formula is C38H47BrFN7O3. The molecule has 3 aromatic rings. The number of likely N-dealkylation sites (tertiary alicyclic amines) is 2. The molecule has 0 bridgehead atoms. The normalized spacial score (nSPS) is 24.7. The number of piperidine rings is 4. The lowest BCUT2D eigenvalue weighted by Crippen LogP contribution is -2.46. The Morgan fingerprint density at radius 1 is 0.960 bits per heavy atom. The van der Waals surface area contributed by atoms with Crippen molar-refractivity contribution in [2.45, 2.75) is 69.4 Å². The second kappa shape index (κ2) is 14.6. The van der Waals surface area contributed by atoms with Gasteiger partial charge in [-0.15, -0.1) is 0 Å². The third kappa shape index (κ3) is 7.52. The Hall–Kier alpha value is -3.61. The van der Waals surface area contributed by atoms with Gasteiger partial charge in [-0.05, 0) is 115 Å². The van der Waals surface area contributed by atoms with E-state index in [0.29, 0.717) is 33.5 Å². The first-order chi connectivity index (χ1) is 24.1. The highest BCUT2D eigenvalue weighted by Crippen LogP contribution is 2.43. The van der Waals surface area contributed by atoms with Crippen LogP contribution in [0.1, 0.15) is 73.5 Å². The summed E-state index contributed by atoms with van der Waals surface area (Å²) < 4.78 is 17.2. The standard InChI is InChI=1S/C38H47BrFN7O3/c1-44-23-28(19-29(24-44)42-32-21-41-45(2)37(50)35(32)39)26-5-3-25(4-6-26)22-46-15-11-38(12-16-46)13-17-47(18-14-38)33-9-7-27(20-31(33)40)30-8-10-34(48)43-36(30)49/h3-7,9,20-21,28-30,42H,8,10-19,22-24H2,1-2H3,(H,43,48,49)/t28-,29+,30?/m0/s1. The summed E-state index contributed by atoms with van der Waals surface area (Å²) in [6, 6.07) is 14.5. The molecule has 266 valence electrons. The van der Waals surface area contributed by atoms with E-state index in [-0.39, 0.29) is 35.7 Å². The van der Waals surface area contributed by atoms with E-state index in [4.69, 9.17) is 0 Å². The molecule has 4 aliphatic rings. The molecule has 2 N–H and O–H groups in total. The van der Waals surface area contributed by atoms with Gasteiger partial charge in [-0.1, -0.05) is 30.3 Å². The highest BCUT2D eigenvalue weighted by atomic mass is 79.9. The number of likely N-dealkylation sites (N-methyl/N-ethyl adjacent to an activating group) is 1. The van der Waals surface area contributed by atoms with Crippen molar-refractivity contribution in [1.82, 2.24) is 24.9 Å². The van der Waals surface area contributed by atoms with Gasteiger partial charge < -0.3 is 15.1 Å². The number of hydrogen-bond acceptors (Lipinski definition) is 8. The maximum absolute atomic E-state index is 15.3. The van der Waals surface area contributed by atoms with Crippen LogP contribution in [0.4, 0.5) is 15.8 Å². The van der Waals surface area contributed by atoms with Crippen LogP contribution in [0.3, 0.4) is 0 Å². The van der Waals surface area contributed by atoms with Gasteiger partial charge in [0, 0.05) is 52.2 Å². The number of halogens is 2. The Kier molecular flexibility index (Phi) is 10.1. The summed E-state index contributed by atoms with van der Waals surface area (Å²) in [5, 5.41) is 10.1. The fourth-order valence-corrected chi connectivity index (χ4v) is 9.04. The zero-order valence-electron chi connectivity index (χ0n) is 29.0. The average molecular weight is 749 g/mol. The third-order valence-corrected chi connectivity index (χ3v) is 12.4. The Balaban J connectivity index is 0.890. The quantitative estimate of drug-likeness (QED) is 0.327. The van der Waals surface area contributed by atoms with Gasteiger partial charge in [0.15, 0.2) is 0 Å². The molecular weight excluding hydrogens is 701 g/mol. The molecule has 12 heteroatoms. The maximum Gasteiger partial charge on any atom is 0.282 e. The van der Waals surface area contributed by atoms with Crippen molar-refractivity contribution in [1.29, 1.82) is 0 Å². The summed E-state index contributed by atoms with van der Waals surface area (Å²) in [4.78, 5) is 43.2. The molecule has 1 spiro atoms. The van der Waals surface area contributed by atoms with Crippen molar-refractivity contribution in [2.75, 3.05) is 56.5 Å². The predicted molar refractivity (Wildman–Crippen MR) is 196 cm³/mol. The summed E-state index contributed by atoms with van der Waals surface area (Å²) in [7, 11) is 3.80. The Labute approximate surface area is 301 Å². The number of hydrogen-bond donors (Lipinski definition) is 2. The highest BCUT2D eigenvalue weighted by Gasteiger charge is 2.38. The van der Waals surface area contributed by atoms with Gasteiger partial charge in [0.2, 0.25) is 11.8 Å². The number of nitrogens with zero attached hydrogens (tertiary/aromatic N) is 5. The summed E-state index contributed by atoms with van der Waals surface area (Å²) >= 11 is 3.45. The number of benzene rings is 2. The van der Waals surface area contributed by atoms with Crippen LogP contribution in [0.25, 0.3) is 0 Å². The lowest BCUT2D eigenvalue weighted by atomic mass is 9.71. The Morgan fingerprint density at radius 3 is 2.36 bits per heavy atom. The predicted octanol–water partition coefficient (Wildman–Crippen LogP) is 4.98. The molecule has 0 radical (unpaired) electrons. The van der Waals surface area contributed by atoms with Crippen LogP contribution in [0.5, 0.6) is 0 Å². The van der Waals surface area contributed by atoms with Gasteiger partial charge in [0.25, 0.3) is 5.56 Å². The number of imide groups is 1. The summed E-state index contributed by atoms with van der Waals surface area (Å²) in [6.07, 6.45) is 7.85. The number of anilines is 2. The minimum atomic E-state index is -0.473. The second-order valence-corrected chi connectivity index (χ2v) is 15.8. The average Bonchev–Trinajstić information content (AvgIpc) is 3.10. The molecule has 4 aliphatic heterocycles. The lowest BCUT2D eigenvalue weighted by molar-refractivity contribution is -0.134. The van der Waals surface area contributed by atoms with Gasteiger partial charge in [-0.3, -0.25) is 24.6 Å². The molecule has 10 nitrogen and oxygen atoms in total. The third-order valence-electron chi connectivity index (χ3n) is 11.6. The second-order valence-electron chi connectivity index (χ2n) is 15.0. The number of amides is 2. The lowest BCUT2D eigenvalue weighted by Gasteiger charge is -2.47. The van der Waals surface area contributed by atoms with Crippen LogP contribution in [-0.2, 0) is 23.2 Å². The maximum atomic E-state index is 15.3. The van der Waals surface area contributed by atoms with E-state index in [1.165, 1.54) is 21.9 Å². The van der Waals surface area contributed by atoms with Crippen molar-refractivity contribution in [3.05, 3.63) is 86.0 Å². The summed E-state index contributed by atoms with van der Waals surface area (Å²) in [5.41, 5.74) is 4.84. The number of carbonyl (C=O) groups is 2. The first-order valence-electron chi connectivity index (χ1n) is 17.9. The summed E-state index contributed by atoms with van der Waals surface area (Å²) in [6.45, 7) is 6.67. The molecule has 1 aromatic heterocycles. The molecule has 5 heterocycles. The van der Waals surface area contributed by atoms with E-state index < -0.39 is 5.92 Å². The largest absolute Gasteiger partial charge is 0.379 e. The molecule has 1 unspecified atom stereocenters. The van der Waals surface area contributed by atoms with E-state index in [1.54, 1.807) is 13.2 Å².